The molecule has 0 bridgehead atoms. The lowest BCUT2D eigenvalue weighted by molar-refractivity contribution is -0.478. The summed E-state index contributed by atoms with van der Waals surface area (Å²) in [6.45, 7) is 8.59. The van der Waals surface area contributed by atoms with Gasteiger partial charge in [-0.05, 0) is 26.7 Å². The minimum Gasteiger partial charge on any atom is -0.347 e. The van der Waals surface area contributed by atoms with E-state index >= 15 is 0 Å². The van der Waals surface area contributed by atoms with Crippen molar-refractivity contribution in [2.75, 3.05) is 26.9 Å². The molecule has 0 heterocycles. The summed E-state index contributed by atoms with van der Waals surface area (Å²) in [5, 5.41) is 10.5. The lowest BCUT2D eigenvalue weighted by Gasteiger charge is -2.41. The molecule has 0 aromatic heterocycles. The predicted molar refractivity (Wildman–Crippen MR) is 69.1 cm³/mol. The zero-order valence-corrected chi connectivity index (χ0v) is 12.3. The minimum absolute atomic E-state index is 0.370. The van der Waals surface area contributed by atoms with Crippen molar-refractivity contribution in [1.29, 1.82) is 0 Å². The number of methoxy groups -OCH3 is 1. The van der Waals surface area contributed by atoms with Gasteiger partial charge in [0.15, 0.2) is 0 Å². The van der Waals surface area contributed by atoms with Gasteiger partial charge in [-0.15, -0.1) is 0 Å². The van der Waals surface area contributed by atoms with Crippen molar-refractivity contribution >= 4 is 0 Å². The first-order chi connectivity index (χ1) is 8.49. The molecule has 110 valence electrons. The van der Waals surface area contributed by atoms with Gasteiger partial charge in [0.1, 0.15) is 0 Å². The van der Waals surface area contributed by atoms with Crippen LogP contribution in [0.2, 0.25) is 0 Å². The number of rotatable bonds is 11. The molecule has 0 rings (SSSR count). The van der Waals surface area contributed by atoms with E-state index in [4.69, 9.17) is 18.9 Å². The summed E-state index contributed by atoms with van der Waals surface area (Å²) in [6.07, 6.45) is 2.58. The molecule has 0 fully saturated rings. The summed E-state index contributed by atoms with van der Waals surface area (Å²) in [7, 11) is 1.46. The normalized spacial score (nSPS) is 18.3. The summed E-state index contributed by atoms with van der Waals surface area (Å²) in [4.78, 5) is 0. The second kappa shape index (κ2) is 8.82. The highest BCUT2D eigenvalue weighted by Crippen LogP contribution is 2.30. The standard InChI is InChI=1S/C13H28O5/c1-6-9-11-18-13(14,17-10-7-2)12(4,15-5)16-8-3/h14H,6-11H2,1-5H3. The molecule has 2 atom stereocenters. The Morgan fingerprint density at radius 2 is 1.56 bits per heavy atom. The third kappa shape index (κ3) is 4.82. The molecule has 0 aromatic carbocycles. The number of hydrogen-bond donors (Lipinski definition) is 1. The average molecular weight is 264 g/mol. The van der Waals surface area contributed by atoms with Crippen LogP contribution in [-0.2, 0) is 18.9 Å². The van der Waals surface area contributed by atoms with Gasteiger partial charge in [0.2, 0.25) is 5.79 Å². The Labute approximate surface area is 110 Å². The van der Waals surface area contributed by atoms with Gasteiger partial charge in [0.05, 0.1) is 13.2 Å². The predicted octanol–water partition coefficient (Wildman–Crippen LogP) is 2.27. The summed E-state index contributed by atoms with van der Waals surface area (Å²) < 4.78 is 21.6. The lowest BCUT2D eigenvalue weighted by Crippen LogP contribution is -2.59. The van der Waals surface area contributed by atoms with E-state index < -0.39 is 11.8 Å². The van der Waals surface area contributed by atoms with E-state index in [0.29, 0.717) is 19.8 Å². The molecule has 0 amide bonds. The van der Waals surface area contributed by atoms with Gasteiger partial charge in [0, 0.05) is 13.7 Å². The highest BCUT2D eigenvalue weighted by molar-refractivity contribution is 4.75. The van der Waals surface area contributed by atoms with Gasteiger partial charge >= 0.3 is 5.97 Å². The van der Waals surface area contributed by atoms with E-state index in [1.807, 2.05) is 20.8 Å². The van der Waals surface area contributed by atoms with Crippen molar-refractivity contribution in [3.05, 3.63) is 0 Å². The zero-order valence-electron chi connectivity index (χ0n) is 12.3. The lowest BCUT2D eigenvalue weighted by atomic mass is 10.2. The maximum Gasteiger partial charge on any atom is 0.337 e. The van der Waals surface area contributed by atoms with Crippen LogP contribution in [0.4, 0.5) is 0 Å². The SMILES string of the molecule is CCCCOC(O)(OCCC)C(C)(OC)OCC. The molecular formula is C13H28O5. The van der Waals surface area contributed by atoms with E-state index in [-0.39, 0.29) is 0 Å². The van der Waals surface area contributed by atoms with Gasteiger partial charge in [-0.3, -0.25) is 0 Å². The fraction of sp³-hybridized carbons (Fsp3) is 1.00. The maximum absolute atomic E-state index is 10.5. The summed E-state index contributed by atoms with van der Waals surface area (Å²) in [5.41, 5.74) is 0. The quantitative estimate of drug-likeness (QED) is 0.458. The van der Waals surface area contributed by atoms with Crippen LogP contribution in [0.5, 0.6) is 0 Å². The van der Waals surface area contributed by atoms with Crippen LogP contribution in [0.25, 0.3) is 0 Å². The van der Waals surface area contributed by atoms with E-state index in [2.05, 4.69) is 0 Å². The molecule has 0 aliphatic carbocycles. The van der Waals surface area contributed by atoms with E-state index in [9.17, 15) is 5.11 Å². The Balaban J connectivity index is 4.78. The molecule has 0 aliphatic rings. The third-order valence-electron chi connectivity index (χ3n) is 2.68. The number of hydrogen-bond acceptors (Lipinski definition) is 5. The molecule has 0 radical (unpaired) electrons. The summed E-state index contributed by atoms with van der Waals surface area (Å²) in [5.74, 6) is -3.23. The van der Waals surface area contributed by atoms with E-state index in [1.165, 1.54) is 7.11 Å². The number of aliphatic hydroxyl groups is 1. The van der Waals surface area contributed by atoms with Crippen LogP contribution in [0, 0.1) is 0 Å². The van der Waals surface area contributed by atoms with Gasteiger partial charge in [-0.25, -0.2) is 0 Å². The Kier molecular flexibility index (Phi) is 8.73. The smallest absolute Gasteiger partial charge is 0.337 e. The van der Waals surface area contributed by atoms with E-state index in [1.54, 1.807) is 6.92 Å². The molecule has 0 saturated carbocycles. The fourth-order valence-corrected chi connectivity index (χ4v) is 1.45. The summed E-state index contributed by atoms with van der Waals surface area (Å²) in [6, 6.07) is 0. The van der Waals surface area contributed by atoms with Crippen molar-refractivity contribution < 1.29 is 24.1 Å². The largest absolute Gasteiger partial charge is 0.347 e. The van der Waals surface area contributed by atoms with Gasteiger partial charge in [-0.1, -0.05) is 20.3 Å². The maximum atomic E-state index is 10.5. The molecule has 2 unspecified atom stereocenters. The molecular weight excluding hydrogens is 236 g/mol. The highest BCUT2D eigenvalue weighted by atomic mass is 16.9. The summed E-state index contributed by atoms with van der Waals surface area (Å²) >= 11 is 0. The fourth-order valence-electron chi connectivity index (χ4n) is 1.45. The van der Waals surface area contributed by atoms with Crippen LogP contribution in [-0.4, -0.2) is 43.8 Å². The van der Waals surface area contributed by atoms with Gasteiger partial charge < -0.3 is 24.1 Å². The Morgan fingerprint density at radius 1 is 0.944 bits per heavy atom. The monoisotopic (exact) mass is 264 g/mol. The zero-order chi connectivity index (χ0) is 14.1. The van der Waals surface area contributed by atoms with Crippen molar-refractivity contribution in [3.8, 4) is 0 Å². The van der Waals surface area contributed by atoms with Gasteiger partial charge in [-0.2, -0.15) is 0 Å². The second-order valence-corrected chi connectivity index (χ2v) is 4.22. The van der Waals surface area contributed by atoms with Crippen LogP contribution < -0.4 is 0 Å². The van der Waals surface area contributed by atoms with Crippen molar-refractivity contribution in [2.24, 2.45) is 0 Å². The molecule has 18 heavy (non-hydrogen) atoms. The Hall–Kier alpha value is -0.200. The molecule has 0 aromatic rings. The topological polar surface area (TPSA) is 57.2 Å². The first-order valence-corrected chi connectivity index (χ1v) is 6.69. The molecule has 0 aliphatic heterocycles. The van der Waals surface area contributed by atoms with Gasteiger partial charge in [0.25, 0.3) is 0 Å². The molecule has 5 nitrogen and oxygen atoms in total. The molecule has 5 heteroatoms. The first kappa shape index (κ1) is 17.8. The molecule has 0 spiro atoms. The highest BCUT2D eigenvalue weighted by Gasteiger charge is 2.52. The molecule has 1 N–H and O–H groups in total. The number of unbranched alkanes of at least 4 members (excludes halogenated alkanes) is 1. The second-order valence-electron chi connectivity index (χ2n) is 4.22. The number of ether oxygens (including phenoxy) is 4. The van der Waals surface area contributed by atoms with E-state index in [0.717, 1.165) is 19.3 Å². The van der Waals surface area contributed by atoms with Crippen molar-refractivity contribution in [1.82, 2.24) is 0 Å². The Bertz CT molecular complexity index is 212. The van der Waals surface area contributed by atoms with Crippen molar-refractivity contribution in [3.63, 3.8) is 0 Å². The van der Waals surface area contributed by atoms with Crippen LogP contribution >= 0.6 is 0 Å². The van der Waals surface area contributed by atoms with Crippen molar-refractivity contribution in [2.45, 2.75) is 58.7 Å². The molecule has 0 saturated heterocycles. The van der Waals surface area contributed by atoms with Crippen LogP contribution in [0.1, 0.15) is 47.0 Å². The Morgan fingerprint density at radius 3 is 2.00 bits per heavy atom. The average Bonchev–Trinajstić information content (AvgIpc) is 2.36. The first-order valence-electron chi connectivity index (χ1n) is 6.69. The third-order valence-corrected chi connectivity index (χ3v) is 2.68. The van der Waals surface area contributed by atoms with Crippen LogP contribution in [0.15, 0.2) is 0 Å². The minimum atomic E-state index is -1.89. The van der Waals surface area contributed by atoms with Crippen LogP contribution in [0.3, 0.4) is 0 Å².